The minimum Gasteiger partial charge on any atom is -0.494 e. The van der Waals surface area contributed by atoms with Crippen LogP contribution in [-0.4, -0.2) is 34.7 Å². The van der Waals surface area contributed by atoms with Crippen LogP contribution in [0.1, 0.15) is 31.4 Å². The molecule has 2 aliphatic heterocycles. The highest BCUT2D eigenvalue weighted by Crippen LogP contribution is 2.64. The van der Waals surface area contributed by atoms with E-state index in [1.807, 2.05) is 6.92 Å². The van der Waals surface area contributed by atoms with Crippen LogP contribution in [0.25, 0.3) is 16.7 Å². The van der Waals surface area contributed by atoms with Crippen LogP contribution in [0.4, 0.5) is 0 Å². The Morgan fingerprint density at radius 2 is 1.88 bits per heavy atom. The van der Waals surface area contributed by atoms with Crippen molar-refractivity contribution < 1.29 is 20.1 Å². The lowest BCUT2D eigenvalue weighted by atomic mass is 9.78. The highest BCUT2D eigenvalue weighted by atomic mass is 32.1. The smallest absolute Gasteiger partial charge is 0.205 e. The first-order valence-corrected chi connectivity index (χ1v) is 8.37. The fraction of sp³-hybridized carbons (Fsp3) is 0.375. The van der Waals surface area contributed by atoms with Gasteiger partial charge in [0.25, 0.3) is 0 Å². The van der Waals surface area contributed by atoms with Crippen molar-refractivity contribution in [3.8, 4) is 17.4 Å². The summed E-state index contributed by atoms with van der Waals surface area (Å²) in [4.78, 5) is 0. The predicted octanol–water partition coefficient (Wildman–Crippen LogP) is 2.12. The second-order valence-electron chi connectivity index (χ2n) is 6.83. The number of aliphatic hydroxyl groups excluding tert-OH is 1. The Bertz CT molecular complexity index is 1010. The van der Waals surface area contributed by atoms with Crippen molar-refractivity contribution in [2.75, 3.05) is 0 Å². The molecule has 8 heteroatoms. The van der Waals surface area contributed by atoms with Gasteiger partial charge in [-0.2, -0.15) is 8.75 Å². The van der Waals surface area contributed by atoms with Crippen molar-refractivity contribution in [3.63, 3.8) is 0 Å². The zero-order chi connectivity index (χ0) is 16.9. The van der Waals surface area contributed by atoms with Crippen LogP contribution >= 0.6 is 11.7 Å². The van der Waals surface area contributed by atoms with E-state index in [4.69, 9.17) is 4.74 Å². The molecule has 5 rings (SSSR count). The lowest BCUT2D eigenvalue weighted by molar-refractivity contribution is -0.0936. The van der Waals surface area contributed by atoms with E-state index in [9.17, 15) is 15.3 Å². The van der Waals surface area contributed by atoms with Gasteiger partial charge in [0, 0.05) is 6.42 Å². The van der Waals surface area contributed by atoms with Crippen LogP contribution in [0.3, 0.4) is 0 Å². The highest BCUT2D eigenvalue weighted by molar-refractivity contribution is 7.00. The van der Waals surface area contributed by atoms with Gasteiger partial charge in [-0.3, -0.25) is 4.57 Å². The molecule has 0 unspecified atom stereocenters. The van der Waals surface area contributed by atoms with Gasteiger partial charge >= 0.3 is 0 Å². The van der Waals surface area contributed by atoms with Crippen LogP contribution in [0.15, 0.2) is 18.2 Å². The summed E-state index contributed by atoms with van der Waals surface area (Å²) >= 11 is 1.11. The van der Waals surface area contributed by atoms with Gasteiger partial charge < -0.3 is 20.1 Å². The molecule has 4 heterocycles. The fourth-order valence-electron chi connectivity index (χ4n) is 4.18. The summed E-state index contributed by atoms with van der Waals surface area (Å²) in [5.74, 6) is -0.182. The Morgan fingerprint density at radius 1 is 1.17 bits per heavy atom. The Labute approximate surface area is 141 Å². The van der Waals surface area contributed by atoms with E-state index >= 15 is 0 Å². The van der Waals surface area contributed by atoms with Crippen LogP contribution in [0.5, 0.6) is 11.8 Å². The van der Waals surface area contributed by atoms with E-state index in [1.165, 1.54) is 4.57 Å². The molecule has 1 fully saturated rings. The van der Waals surface area contributed by atoms with E-state index < -0.39 is 17.3 Å². The molecule has 3 N–H and O–H groups in total. The van der Waals surface area contributed by atoms with E-state index in [-0.39, 0.29) is 11.8 Å². The average molecular weight is 345 g/mol. The second-order valence-corrected chi connectivity index (χ2v) is 7.36. The molecule has 24 heavy (non-hydrogen) atoms. The third-order valence-electron chi connectivity index (χ3n) is 5.30. The largest absolute Gasteiger partial charge is 0.494 e. The minimum absolute atomic E-state index is 0.0665. The molecule has 7 nitrogen and oxygen atoms in total. The number of hydrogen-bond donors (Lipinski definition) is 3. The summed E-state index contributed by atoms with van der Waals surface area (Å²) in [5, 5.41) is 32.0. The Hall–Kier alpha value is -2.16. The topological polar surface area (TPSA) is 101 Å². The van der Waals surface area contributed by atoms with Crippen LogP contribution in [-0.2, 0) is 15.9 Å². The van der Waals surface area contributed by atoms with Crippen molar-refractivity contribution in [3.05, 3.63) is 29.3 Å². The van der Waals surface area contributed by atoms with Gasteiger partial charge in [0.2, 0.25) is 11.8 Å². The van der Waals surface area contributed by atoms with Crippen molar-refractivity contribution in [2.45, 2.75) is 37.6 Å². The number of hydrogen-bond acceptors (Lipinski definition) is 7. The Balaban J connectivity index is 1.80. The highest BCUT2D eigenvalue weighted by Gasteiger charge is 2.64. The lowest BCUT2D eigenvalue weighted by Crippen LogP contribution is -2.32. The molecule has 1 aromatic carbocycles. The molecule has 0 saturated carbocycles. The quantitative estimate of drug-likeness (QED) is 0.625. The number of rotatable bonds is 1. The van der Waals surface area contributed by atoms with Crippen LogP contribution in [0.2, 0.25) is 0 Å². The van der Waals surface area contributed by atoms with Gasteiger partial charge in [0.1, 0.15) is 16.6 Å². The molecule has 0 spiro atoms. The summed E-state index contributed by atoms with van der Waals surface area (Å²) in [5.41, 5.74) is 1.20. The summed E-state index contributed by atoms with van der Waals surface area (Å²) in [7, 11) is 0. The molecule has 1 saturated heterocycles. The van der Waals surface area contributed by atoms with Gasteiger partial charge in [-0.15, -0.1) is 0 Å². The zero-order valence-electron chi connectivity index (χ0n) is 13.0. The number of ether oxygens (including phenoxy) is 1. The maximum atomic E-state index is 10.8. The van der Waals surface area contributed by atoms with Gasteiger partial charge in [-0.25, -0.2) is 0 Å². The fourth-order valence-corrected chi connectivity index (χ4v) is 4.70. The average Bonchev–Trinajstić information content (AvgIpc) is 3.19. The minimum atomic E-state index is -1.02. The van der Waals surface area contributed by atoms with Crippen LogP contribution in [0, 0.1) is 0 Å². The number of aliphatic hydroxyl groups is 1. The van der Waals surface area contributed by atoms with E-state index in [0.29, 0.717) is 28.8 Å². The second kappa shape index (κ2) is 4.08. The number of nitrogens with zero attached hydrogens (tertiary/aromatic N) is 3. The predicted molar refractivity (Wildman–Crippen MR) is 86.5 cm³/mol. The van der Waals surface area contributed by atoms with E-state index in [2.05, 4.69) is 8.75 Å². The molecule has 0 amide bonds. The van der Waals surface area contributed by atoms with Gasteiger partial charge in [0.05, 0.1) is 40.2 Å². The molecular formula is C16H15N3O4S. The van der Waals surface area contributed by atoms with Gasteiger partial charge in [-0.1, -0.05) is 0 Å². The molecule has 3 aromatic rings. The number of fused-ring (bicyclic) bond motifs is 6. The summed E-state index contributed by atoms with van der Waals surface area (Å²) in [6.07, 6.45) is -0.357. The SMILES string of the molecule is C[C@]12C[C@H](O)[C@](C)(O1)c1c2c(O)n(-c2ccc3nsnc3c2)c1O. The third kappa shape index (κ3) is 1.44. The number of benzene rings is 1. The molecule has 124 valence electrons. The van der Waals surface area contributed by atoms with Crippen LogP contribution < -0.4 is 0 Å². The maximum Gasteiger partial charge on any atom is 0.205 e. The first-order chi connectivity index (χ1) is 11.3. The van der Waals surface area contributed by atoms with Gasteiger partial charge in [-0.05, 0) is 32.0 Å². The summed E-state index contributed by atoms with van der Waals surface area (Å²) < 4.78 is 15.7. The maximum absolute atomic E-state index is 10.8. The molecule has 3 atom stereocenters. The molecule has 2 aliphatic rings. The van der Waals surface area contributed by atoms with E-state index in [1.54, 1.807) is 25.1 Å². The standard InChI is InChI=1S/C16H15N3O4S/c1-15-6-10(20)16(2,23-15)12-11(15)13(21)19(14(12)22)7-3-4-8-9(5-7)18-24-17-8/h3-5,10,20-22H,6H2,1-2H3/t10-,15+,16-/m0/s1. The molecular weight excluding hydrogens is 330 g/mol. The number of aromatic hydroxyl groups is 2. The van der Waals surface area contributed by atoms with E-state index in [0.717, 1.165) is 17.2 Å². The third-order valence-corrected chi connectivity index (χ3v) is 5.85. The van der Waals surface area contributed by atoms with Crippen molar-refractivity contribution in [2.24, 2.45) is 0 Å². The Morgan fingerprint density at radius 3 is 2.67 bits per heavy atom. The molecule has 2 aromatic heterocycles. The summed E-state index contributed by atoms with van der Waals surface area (Å²) in [6.45, 7) is 3.57. The van der Waals surface area contributed by atoms with Crippen molar-refractivity contribution in [1.29, 1.82) is 0 Å². The van der Waals surface area contributed by atoms with Gasteiger partial charge in [0.15, 0.2) is 0 Å². The van der Waals surface area contributed by atoms with Crippen molar-refractivity contribution >= 4 is 22.8 Å². The first-order valence-electron chi connectivity index (χ1n) is 7.64. The monoisotopic (exact) mass is 345 g/mol. The lowest BCUT2D eigenvalue weighted by Gasteiger charge is -2.25. The molecule has 2 bridgehead atoms. The first kappa shape index (κ1) is 14.2. The number of aromatic nitrogens is 3. The van der Waals surface area contributed by atoms with Crippen molar-refractivity contribution in [1.82, 2.24) is 13.3 Å². The Kier molecular flexibility index (Phi) is 2.41. The summed E-state index contributed by atoms with van der Waals surface area (Å²) in [6, 6.07) is 5.32. The zero-order valence-corrected chi connectivity index (χ0v) is 13.8. The molecule has 0 radical (unpaired) electrons. The normalized spacial score (nSPS) is 31.0. The molecule has 0 aliphatic carbocycles.